The first kappa shape index (κ1) is 18.3. The number of nitrogens with two attached hydrogens (primary N) is 1. The molecule has 0 radical (unpaired) electrons. The van der Waals surface area contributed by atoms with Crippen LogP contribution in [-0.2, 0) is 17.8 Å². The van der Waals surface area contributed by atoms with Gasteiger partial charge in [0, 0.05) is 25.9 Å². The molecule has 0 atom stereocenters. The summed E-state index contributed by atoms with van der Waals surface area (Å²) in [5.74, 6) is 1.13. The Morgan fingerprint density at radius 1 is 1.19 bits per heavy atom. The second-order valence-corrected chi connectivity index (χ2v) is 6.88. The number of aryl methyl sites for hydroxylation is 1. The molecule has 6 nitrogen and oxygen atoms in total. The van der Waals surface area contributed by atoms with Crippen molar-refractivity contribution in [2.24, 2.45) is 5.73 Å². The van der Waals surface area contributed by atoms with E-state index in [1.165, 1.54) is 0 Å². The van der Waals surface area contributed by atoms with Crippen LogP contribution in [0.2, 0.25) is 0 Å². The average molecular weight is 370 g/mol. The Balaban J connectivity index is 1.58. The van der Waals surface area contributed by atoms with Crippen LogP contribution in [0, 0.1) is 0 Å². The highest BCUT2D eigenvalue weighted by atomic mass is 32.1. The van der Waals surface area contributed by atoms with Crippen molar-refractivity contribution in [3.63, 3.8) is 0 Å². The van der Waals surface area contributed by atoms with E-state index in [1.807, 2.05) is 52.7 Å². The highest BCUT2D eigenvalue weighted by Crippen LogP contribution is 2.21. The third-order valence-corrected chi connectivity index (χ3v) is 4.83. The molecule has 7 heteroatoms. The molecule has 2 N–H and O–H groups in total. The Morgan fingerprint density at radius 2 is 2.04 bits per heavy atom. The SMILES string of the molecule is NCCCN(Cc1ccccc1)C(=O)CCc1nc(-c2cccs2)no1. The smallest absolute Gasteiger partial charge is 0.227 e. The molecule has 1 amide bonds. The van der Waals surface area contributed by atoms with Crippen LogP contribution in [0.15, 0.2) is 52.4 Å². The number of aromatic nitrogens is 2. The maximum Gasteiger partial charge on any atom is 0.227 e. The van der Waals surface area contributed by atoms with E-state index in [-0.39, 0.29) is 5.91 Å². The van der Waals surface area contributed by atoms with Crippen LogP contribution >= 0.6 is 11.3 Å². The zero-order valence-electron chi connectivity index (χ0n) is 14.5. The highest BCUT2D eigenvalue weighted by Gasteiger charge is 2.16. The first-order chi connectivity index (χ1) is 12.8. The van der Waals surface area contributed by atoms with Gasteiger partial charge in [0.05, 0.1) is 4.88 Å². The quantitative estimate of drug-likeness (QED) is 0.625. The van der Waals surface area contributed by atoms with E-state index in [4.69, 9.17) is 10.3 Å². The van der Waals surface area contributed by atoms with Gasteiger partial charge in [-0.05, 0) is 30.0 Å². The molecular weight excluding hydrogens is 348 g/mol. The molecule has 0 bridgehead atoms. The number of nitrogens with zero attached hydrogens (tertiary/aromatic N) is 3. The van der Waals surface area contributed by atoms with Crippen LogP contribution in [-0.4, -0.2) is 34.0 Å². The Bertz CT molecular complexity index is 802. The van der Waals surface area contributed by atoms with E-state index < -0.39 is 0 Å². The minimum Gasteiger partial charge on any atom is -0.339 e. The first-order valence-electron chi connectivity index (χ1n) is 8.64. The number of benzene rings is 1. The minimum atomic E-state index is 0.0678. The molecular formula is C19H22N4O2S. The van der Waals surface area contributed by atoms with Crippen LogP contribution < -0.4 is 5.73 Å². The highest BCUT2D eigenvalue weighted by molar-refractivity contribution is 7.13. The Morgan fingerprint density at radius 3 is 2.77 bits per heavy atom. The number of carbonyl (C=O) groups is 1. The lowest BCUT2D eigenvalue weighted by molar-refractivity contribution is -0.131. The van der Waals surface area contributed by atoms with E-state index in [9.17, 15) is 4.79 Å². The second kappa shape index (κ2) is 9.26. The molecule has 0 aliphatic carbocycles. The fourth-order valence-electron chi connectivity index (χ4n) is 2.61. The number of hydrogen-bond donors (Lipinski definition) is 1. The van der Waals surface area contributed by atoms with Crippen molar-refractivity contribution in [3.05, 3.63) is 59.3 Å². The van der Waals surface area contributed by atoms with Crippen LogP contribution in [0.5, 0.6) is 0 Å². The van der Waals surface area contributed by atoms with Crippen LogP contribution in [0.1, 0.15) is 24.3 Å². The van der Waals surface area contributed by atoms with E-state index in [2.05, 4.69) is 10.1 Å². The lowest BCUT2D eigenvalue weighted by Crippen LogP contribution is -2.32. The molecule has 26 heavy (non-hydrogen) atoms. The third-order valence-electron chi connectivity index (χ3n) is 3.96. The maximum atomic E-state index is 12.7. The van der Waals surface area contributed by atoms with Crippen LogP contribution in [0.4, 0.5) is 0 Å². The molecule has 0 fully saturated rings. The van der Waals surface area contributed by atoms with Gasteiger partial charge in [0.1, 0.15) is 0 Å². The standard InChI is InChI=1S/C19H22N4O2S/c20-11-5-12-23(14-15-6-2-1-3-7-15)18(24)10-9-17-21-19(22-25-17)16-8-4-13-26-16/h1-4,6-8,13H,5,9-12,14,20H2. The lowest BCUT2D eigenvalue weighted by Gasteiger charge is -2.22. The fourth-order valence-corrected chi connectivity index (χ4v) is 3.26. The van der Waals surface area contributed by atoms with Crippen molar-refractivity contribution in [2.75, 3.05) is 13.1 Å². The number of thiophene rings is 1. The van der Waals surface area contributed by atoms with Gasteiger partial charge in [-0.15, -0.1) is 11.3 Å². The van der Waals surface area contributed by atoms with Crippen molar-refractivity contribution in [3.8, 4) is 10.7 Å². The molecule has 0 saturated heterocycles. The summed E-state index contributed by atoms with van der Waals surface area (Å²) < 4.78 is 5.27. The van der Waals surface area contributed by atoms with E-state index >= 15 is 0 Å². The summed E-state index contributed by atoms with van der Waals surface area (Å²) >= 11 is 1.56. The van der Waals surface area contributed by atoms with E-state index in [1.54, 1.807) is 11.3 Å². The Kier molecular flexibility index (Phi) is 6.51. The maximum absolute atomic E-state index is 12.7. The zero-order valence-corrected chi connectivity index (χ0v) is 15.3. The summed E-state index contributed by atoms with van der Waals surface area (Å²) in [7, 11) is 0. The molecule has 0 unspecified atom stereocenters. The van der Waals surface area contributed by atoms with Gasteiger partial charge < -0.3 is 15.2 Å². The van der Waals surface area contributed by atoms with Gasteiger partial charge in [-0.25, -0.2) is 0 Å². The molecule has 2 heterocycles. The molecule has 3 aromatic rings. The van der Waals surface area contributed by atoms with Gasteiger partial charge in [-0.3, -0.25) is 4.79 Å². The summed E-state index contributed by atoms with van der Waals surface area (Å²) in [6, 6.07) is 13.9. The van der Waals surface area contributed by atoms with E-state index in [0.29, 0.717) is 44.2 Å². The third kappa shape index (κ3) is 5.00. The van der Waals surface area contributed by atoms with Crippen molar-refractivity contribution >= 4 is 17.2 Å². The zero-order chi connectivity index (χ0) is 18.2. The summed E-state index contributed by atoms with van der Waals surface area (Å²) in [4.78, 5) is 19.8. The molecule has 0 spiro atoms. The van der Waals surface area contributed by atoms with Crippen molar-refractivity contribution in [2.45, 2.75) is 25.8 Å². The molecule has 3 rings (SSSR count). The lowest BCUT2D eigenvalue weighted by atomic mass is 10.2. The molecule has 2 aromatic heterocycles. The Hall–Kier alpha value is -2.51. The Labute approximate surface area is 156 Å². The predicted molar refractivity (Wildman–Crippen MR) is 101 cm³/mol. The van der Waals surface area contributed by atoms with Crippen molar-refractivity contribution < 1.29 is 9.32 Å². The predicted octanol–water partition coefficient (Wildman–Crippen LogP) is 3.11. The van der Waals surface area contributed by atoms with E-state index in [0.717, 1.165) is 16.9 Å². The van der Waals surface area contributed by atoms with Gasteiger partial charge in [-0.2, -0.15) is 4.98 Å². The summed E-state index contributed by atoms with van der Waals surface area (Å²) in [5, 5.41) is 5.95. The largest absolute Gasteiger partial charge is 0.339 e. The van der Waals surface area contributed by atoms with Gasteiger partial charge in [0.15, 0.2) is 0 Å². The molecule has 0 aliphatic rings. The fraction of sp³-hybridized carbons (Fsp3) is 0.316. The molecule has 0 aliphatic heterocycles. The van der Waals surface area contributed by atoms with Crippen LogP contribution in [0.25, 0.3) is 10.7 Å². The minimum absolute atomic E-state index is 0.0678. The monoisotopic (exact) mass is 370 g/mol. The first-order valence-corrected chi connectivity index (χ1v) is 9.52. The summed E-state index contributed by atoms with van der Waals surface area (Å²) in [6.45, 7) is 1.80. The van der Waals surface area contributed by atoms with Gasteiger partial charge in [0.2, 0.25) is 17.6 Å². The summed E-state index contributed by atoms with van der Waals surface area (Å²) in [6.07, 6.45) is 1.55. The normalized spacial score (nSPS) is 10.8. The topological polar surface area (TPSA) is 85.2 Å². The number of carbonyl (C=O) groups excluding carboxylic acids is 1. The number of amides is 1. The summed E-state index contributed by atoms with van der Waals surface area (Å²) in [5.41, 5.74) is 6.72. The van der Waals surface area contributed by atoms with Crippen molar-refractivity contribution in [1.82, 2.24) is 15.0 Å². The molecule has 1 aromatic carbocycles. The molecule has 136 valence electrons. The van der Waals surface area contributed by atoms with Gasteiger partial charge in [0.25, 0.3) is 0 Å². The van der Waals surface area contributed by atoms with Crippen molar-refractivity contribution in [1.29, 1.82) is 0 Å². The molecule has 0 saturated carbocycles. The average Bonchev–Trinajstić information content (AvgIpc) is 3.35. The van der Waals surface area contributed by atoms with Gasteiger partial charge >= 0.3 is 0 Å². The van der Waals surface area contributed by atoms with Gasteiger partial charge in [-0.1, -0.05) is 41.6 Å². The number of rotatable bonds is 9. The number of hydrogen-bond acceptors (Lipinski definition) is 6. The second-order valence-electron chi connectivity index (χ2n) is 5.93. The van der Waals surface area contributed by atoms with Crippen LogP contribution in [0.3, 0.4) is 0 Å².